The largest absolute Gasteiger partial charge is 0.299 e. The lowest BCUT2D eigenvalue weighted by Gasteiger charge is -2.08. The third-order valence-corrected chi connectivity index (χ3v) is 2.50. The van der Waals surface area contributed by atoms with Crippen molar-refractivity contribution >= 4 is 5.78 Å². The molecule has 52 valence electrons. The number of carbonyl (C=O) groups is 1. The van der Waals surface area contributed by atoms with Gasteiger partial charge < -0.3 is 0 Å². The van der Waals surface area contributed by atoms with Gasteiger partial charge in [-0.1, -0.05) is 20.3 Å². The van der Waals surface area contributed by atoms with Crippen LogP contribution in [-0.4, -0.2) is 5.78 Å². The number of hydrogen-bond acceptors (Lipinski definition) is 1. The first kappa shape index (κ1) is 6.79. The number of hydrogen-bond donors (Lipinski definition) is 0. The highest BCUT2D eigenvalue weighted by molar-refractivity contribution is 5.82. The highest BCUT2D eigenvalue weighted by Gasteiger charge is 2.28. The monoisotopic (exact) mass is 126 g/mol. The second-order valence-electron chi connectivity index (χ2n) is 2.96. The summed E-state index contributed by atoms with van der Waals surface area (Å²) >= 11 is 0. The minimum absolute atomic E-state index is 0.356. The highest BCUT2D eigenvalue weighted by atomic mass is 16.1. The molecule has 0 N–H and O–H groups in total. The lowest BCUT2D eigenvalue weighted by molar-refractivity contribution is -0.120. The highest BCUT2D eigenvalue weighted by Crippen LogP contribution is 2.30. The fourth-order valence-corrected chi connectivity index (χ4v) is 1.63. The van der Waals surface area contributed by atoms with Crippen molar-refractivity contribution in [2.75, 3.05) is 0 Å². The maximum absolute atomic E-state index is 10.9. The molecule has 1 rings (SSSR count). The molecule has 0 saturated heterocycles. The van der Waals surface area contributed by atoms with Crippen LogP contribution in [0.25, 0.3) is 0 Å². The summed E-state index contributed by atoms with van der Waals surface area (Å²) in [6, 6.07) is 0. The van der Waals surface area contributed by atoms with E-state index >= 15 is 0 Å². The molecule has 0 spiro atoms. The fourth-order valence-electron chi connectivity index (χ4n) is 1.63. The smallest absolute Gasteiger partial charge is 0.135 e. The van der Waals surface area contributed by atoms with E-state index in [-0.39, 0.29) is 0 Å². The molecule has 1 aliphatic rings. The number of carbonyl (C=O) groups excluding carboxylic acids is 1. The standard InChI is InChI=1S/C8H14O/c1-3-7-4-5-8(9)6(7)2/h6-7H,3-5H2,1-2H3/t6-,7+/m0/s1. The zero-order chi connectivity index (χ0) is 6.85. The Morgan fingerprint density at radius 2 is 2.33 bits per heavy atom. The number of rotatable bonds is 1. The Kier molecular flexibility index (Phi) is 1.89. The molecule has 0 amide bonds. The molecule has 0 aliphatic heterocycles. The molecule has 0 aromatic rings. The molecule has 0 radical (unpaired) electrons. The molecule has 0 unspecified atom stereocenters. The van der Waals surface area contributed by atoms with Crippen LogP contribution in [0.2, 0.25) is 0 Å². The molecule has 1 aliphatic carbocycles. The Balaban J connectivity index is 2.51. The molecule has 1 fully saturated rings. The zero-order valence-electron chi connectivity index (χ0n) is 6.18. The van der Waals surface area contributed by atoms with Crippen LogP contribution in [0, 0.1) is 11.8 Å². The molecule has 9 heavy (non-hydrogen) atoms. The van der Waals surface area contributed by atoms with Crippen molar-refractivity contribution in [1.29, 1.82) is 0 Å². The van der Waals surface area contributed by atoms with Gasteiger partial charge in [0.15, 0.2) is 0 Å². The zero-order valence-corrected chi connectivity index (χ0v) is 6.18. The van der Waals surface area contributed by atoms with Gasteiger partial charge in [0.1, 0.15) is 5.78 Å². The summed E-state index contributed by atoms with van der Waals surface area (Å²) in [5.74, 6) is 1.52. The van der Waals surface area contributed by atoms with E-state index in [4.69, 9.17) is 0 Å². The second-order valence-corrected chi connectivity index (χ2v) is 2.96. The average Bonchev–Trinajstić information content (AvgIpc) is 2.15. The molecule has 2 atom stereocenters. The third-order valence-electron chi connectivity index (χ3n) is 2.50. The van der Waals surface area contributed by atoms with Gasteiger partial charge in [-0.15, -0.1) is 0 Å². The van der Waals surface area contributed by atoms with Crippen molar-refractivity contribution in [1.82, 2.24) is 0 Å². The van der Waals surface area contributed by atoms with Crippen molar-refractivity contribution in [2.45, 2.75) is 33.1 Å². The number of Topliss-reactive ketones (excluding diaryl/α,β-unsaturated/α-hetero) is 1. The van der Waals surface area contributed by atoms with Crippen LogP contribution in [0.5, 0.6) is 0 Å². The van der Waals surface area contributed by atoms with E-state index in [1.807, 2.05) is 0 Å². The predicted molar refractivity (Wildman–Crippen MR) is 37.2 cm³/mol. The van der Waals surface area contributed by atoms with Gasteiger partial charge in [0.25, 0.3) is 0 Å². The number of ketones is 1. The van der Waals surface area contributed by atoms with Crippen LogP contribution < -0.4 is 0 Å². The van der Waals surface area contributed by atoms with E-state index in [2.05, 4.69) is 13.8 Å². The molecule has 1 saturated carbocycles. The summed E-state index contributed by atoms with van der Waals surface area (Å²) in [6.07, 6.45) is 3.14. The Morgan fingerprint density at radius 3 is 2.56 bits per heavy atom. The first-order chi connectivity index (χ1) is 4.25. The molecular weight excluding hydrogens is 112 g/mol. The van der Waals surface area contributed by atoms with Gasteiger partial charge >= 0.3 is 0 Å². The molecule has 0 aromatic heterocycles. The Labute approximate surface area is 56.4 Å². The maximum Gasteiger partial charge on any atom is 0.135 e. The third kappa shape index (κ3) is 1.15. The summed E-state index contributed by atoms with van der Waals surface area (Å²) in [7, 11) is 0. The van der Waals surface area contributed by atoms with E-state index in [1.165, 1.54) is 6.42 Å². The molecule has 0 aromatic carbocycles. The van der Waals surface area contributed by atoms with Gasteiger partial charge in [0, 0.05) is 12.3 Å². The van der Waals surface area contributed by atoms with Gasteiger partial charge in [-0.25, -0.2) is 0 Å². The van der Waals surface area contributed by atoms with E-state index < -0.39 is 0 Å². The minimum Gasteiger partial charge on any atom is -0.299 e. The Morgan fingerprint density at radius 1 is 1.67 bits per heavy atom. The van der Waals surface area contributed by atoms with Crippen LogP contribution in [0.1, 0.15) is 33.1 Å². The van der Waals surface area contributed by atoms with Crippen LogP contribution in [-0.2, 0) is 4.79 Å². The first-order valence-electron chi connectivity index (χ1n) is 3.78. The maximum atomic E-state index is 10.9. The van der Waals surface area contributed by atoms with Crippen LogP contribution in [0.15, 0.2) is 0 Å². The summed E-state index contributed by atoms with van der Waals surface area (Å²) < 4.78 is 0. The molecule has 0 bridgehead atoms. The average molecular weight is 126 g/mol. The van der Waals surface area contributed by atoms with Gasteiger partial charge in [-0.3, -0.25) is 4.79 Å². The lowest BCUT2D eigenvalue weighted by atomic mass is 9.95. The fraction of sp³-hybridized carbons (Fsp3) is 0.875. The van der Waals surface area contributed by atoms with Crippen molar-refractivity contribution in [3.8, 4) is 0 Å². The Hall–Kier alpha value is -0.330. The van der Waals surface area contributed by atoms with E-state index in [9.17, 15) is 4.79 Å². The topological polar surface area (TPSA) is 17.1 Å². The van der Waals surface area contributed by atoms with Crippen molar-refractivity contribution in [2.24, 2.45) is 11.8 Å². The van der Waals surface area contributed by atoms with E-state index in [0.29, 0.717) is 17.6 Å². The molecule has 1 nitrogen and oxygen atoms in total. The van der Waals surface area contributed by atoms with E-state index in [0.717, 1.165) is 12.8 Å². The SMILES string of the molecule is CC[C@@H]1CCC(=O)[C@H]1C. The lowest BCUT2D eigenvalue weighted by Crippen LogP contribution is -2.08. The van der Waals surface area contributed by atoms with Gasteiger partial charge in [-0.2, -0.15) is 0 Å². The van der Waals surface area contributed by atoms with Crippen molar-refractivity contribution in [3.63, 3.8) is 0 Å². The summed E-state index contributed by atoms with van der Waals surface area (Å²) in [5.41, 5.74) is 0. The van der Waals surface area contributed by atoms with Crippen molar-refractivity contribution in [3.05, 3.63) is 0 Å². The van der Waals surface area contributed by atoms with Crippen LogP contribution in [0.4, 0.5) is 0 Å². The Bertz CT molecular complexity index is 118. The predicted octanol–water partition coefficient (Wildman–Crippen LogP) is 2.01. The van der Waals surface area contributed by atoms with Crippen molar-refractivity contribution < 1.29 is 4.79 Å². The normalized spacial score (nSPS) is 35.6. The quantitative estimate of drug-likeness (QED) is 0.525. The van der Waals surface area contributed by atoms with Gasteiger partial charge in [0.05, 0.1) is 0 Å². The first-order valence-corrected chi connectivity index (χ1v) is 3.78. The minimum atomic E-state index is 0.356. The van der Waals surface area contributed by atoms with E-state index in [1.54, 1.807) is 0 Å². The summed E-state index contributed by atoms with van der Waals surface area (Å²) in [6.45, 7) is 4.23. The summed E-state index contributed by atoms with van der Waals surface area (Å²) in [5, 5.41) is 0. The molecular formula is C8H14O. The summed E-state index contributed by atoms with van der Waals surface area (Å²) in [4.78, 5) is 10.9. The molecule has 0 heterocycles. The van der Waals surface area contributed by atoms with Crippen LogP contribution in [0.3, 0.4) is 0 Å². The van der Waals surface area contributed by atoms with Crippen LogP contribution >= 0.6 is 0 Å². The van der Waals surface area contributed by atoms with Gasteiger partial charge in [-0.05, 0) is 12.3 Å². The van der Waals surface area contributed by atoms with Gasteiger partial charge in [0.2, 0.25) is 0 Å². The second kappa shape index (κ2) is 2.51. The molecule has 1 heteroatoms.